The third-order valence-corrected chi connectivity index (χ3v) is 3.80. The normalized spacial score (nSPS) is 14.4. The Morgan fingerprint density at radius 2 is 1.82 bits per heavy atom. The van der Waals surface area contributed by atoms with Gasteiger partial charge in [-0.2, -0.15) is 0 Å². The van der Waals surface area contributed by atoms with E-state index in [9.17, 15) is 0 Å². The standard InChI is InChI=1S/C19H27NO2/c1-15(2)13-20(17-8-10-18(21-3)11-9-17)14-16-6-5-7-19(12-16)22-4/h6,8-12,15H,5,7,13-14H2,1-4H3. The highest BCUT2D eigenvalue weighted by atomic mass is 16.5. The largest absolute Gasteiger partial charge is 0.501 e. The van der Waals surface area contributed by atoms with Gasteiger partial charge in [0.15, 0.2) is 0 Å². The molecule has 1 aromatic rings. The lowest BCUT2D eigenvalue weighted by Crippen LogP contribution is -2.29. The second-order valence-corrected chi connectivity index (χ2v) is 6.10. The maximum absolute atomic E-state index is 5.41. The maximum atomic E-state index is 5.41. The van der Waals surface area contributed by atoms with Crippen molar-refractivity contribution in [3.8, 4) is 5.75 Å². The van der Waals surface area contributed by atoms with Gasteiger partial charge >= 0.3 is 0 Å². The molecule has 0 amide bonds. The molecule has 0 bridgehead atoms. The summed E-state index contributed by atoms with van der Waals surface area (Å²) in [5.74, 6) is 2.58. The molecule has 22 heavy (non-hydrogen) atoms. The highest BCUT2D eigenvalue weighted by Gasteiger charge is 2.13. The molecular formula is C19H27NO2. The molecule has 0 atom stereocenters. The van der Waals surface area contributed by atoms with Crippen molar-refractivity contribution in [2.24, 2.45) is 5.92 Å². The zero-order valence-corrected chi connectivity index (χ0v) is 14.1. The van der Waals surface area contributed by atoms with Crippen molar-refractivity contribution < 1.29 is 9.47 Å². The molecule has 0 heterocycles. The molecule has 0 saturated heterocycles. The third-order valence-electron chi connectivity index (χ3n) is 3.80. The number of allylic oxidation sites excluding steroid dienone is 2. The molecule has 3 heteroatoms. The van der Waals surface area contributed by atoms with Crippen LogP contribution in [0.2, 0.25) is 0 Å². The van der Waals surface area contributed by atoms with E-state index < -0.39 is 0 Å². The molecule has 1 aliphatic carbocycles. The van der Waals surface area contributed by atoms with Crippen LogP contribution in [0.1, 0.15) is 26.7 Å². The molecule has 0 saturated carbocycles. The van der Waals surface area contributed by atoms with Crippen LogP contribution < -0.4 is 9.64 Å². The predicted molar refractivity (Wildman–Crippen MR) is 92.5 cm³/mol. The topological polar surface area (TPSA) is 21.7 Å². The van der Waals surface area contributed by atoms with Crippen LogP contribution >= 0.6 is 0 Å². The fraction of sp³-hybridized carbons (Fsp3) is 0.474. The molecule has 1 aromatic carbocycles. The Balaban J connectivity index is 2.15. The number of hydrogen-bond acceptors (Lipinski definition) is 3. The number of methoxy groups -OCH3 is 2. The van der Waals surface area contributed by atoms with Crippen molar-refractivity contribution in [1.29, 1.82) is 0 Å². The van der Waals surface area contributed by atoms with Gasteiger partial charge in [0, 0.05) is 25.2 Å². The van der Waals surface area contributed by atoms with Crippen molar-refractivity contribution in [2.45, 2.75) is 26.7 Å². The molecule has 0 radical (unpaired) electrons. The summed E-state index contributed by atoms with van der Waals surface area (Å²) in [6.07, 6.45) is 6.57. The summed E-state index contributed by atoms with van der Waals surface area (Å²) in [4.78, 5) is 2.42. The van der Waals surface area contributed by atoms with E-state index in [0.29, 0.717) is 5.92 Å². The number of anilines is 1. The fourth-order valence-corrected chi connectivity index (χ4v) is 2.72. The first kappa shape index (κ1) is 16.5. The Hall–Kier alpha value is -1.90. The average Bonchev–Trinajstić information content (AvgIpc) is 2.54. The van der Waals surface area contributed by atoms with E-state index >= 15 is 0 Å². The van der Waals surface area contributed by atoms with Gasteiger partial charge in [-0.3, -0.25) is 0 Å². The van der Waals surface area contributed by atoms with E-state index in [1.807, 2.05) is 12.1 Å². The Kier molecular flexibility index (Phi) is 5.93. The van der Waals surface area contributed by atoms with E-state index in [4.69, 9.17) is 9.47 Å². The third kappa shape index (κ3) is 4.55. The minimum atomic E-state index is 0.608. The van der Waals surface area contributed by atoms with E-state index in [1.54, 1.807) is 14.2 Å². The quantitative estimate of drug-likeness (QED) is 0.744. The average molecular weight is 301 g/mol. The summed E-state index contributed by atoms with van der Waals surface area (Å²) in [6, 6.07) is 8.31. The van der Waals surface area contributed by atoms with Gasteiger partial charge in [0.25, 0.3) is 0 Å². The highest BCUT2D eigenvalue weighted by molar-refractivity contribution is 5.51. The van der Waals surface area contributed by atoms with Crippen molar-refractivity contribution in [3.63, 3.8) is 0 Å². The van der Waals surface area contributed by atoms with Crippen molar-refractivity contribution in [1.82, 2.24) is 0 Å². The lowest BCUT2D eigenvalue weighted by Gasteiger charge is -2.28. The first-order valence-electron chi connectivity index (χ1n) is 7.95. The van der Waals surface area contributed by atoms with Crippen LogP contribution in [0.25, 0.3) is 0 Å². The van der Waals surface area contributed by atoms with Gasteiger partial charge in [0.2, 0.25) is 0 Å². The molecule has 2 rings (SSSR count). The summed E-state index contributed by atoms with van der Waals surface area (Å²) in [7, 11) is 3.45. The second-order valence-electron chi connectivity index (χ2n) is 6.10. The lowest BCUT2D eigenvalue weighted by molar-refractivity contribution is 0.276. The smallest absolute Gasteiger partial charge is 0.119 e. The second kappa shape index (κ2) is 7.92. The number of benzene rings is 1. The molecule has 0 fully saturated rings. The Bertz CT molecular complexity index is 529. The van der Waals surface area contributed by atoms with Gasteiger partial charge in [-0.05, 0) is 48.3 Å². The van der Waals surface area contributed by atoms with Crippen LogP contribution in [0.15, 0.2) is 47.7 Å². The van der Waals surface area contributed by atoms with Gasteiger partial charge < -0.3 is 14.4 Å². The SMILES string of the molecule is COC1=CC(CN(CC(C)C)c2ccc(OC)cc2)=CCC1. The van der Waals surface area contributed by atoms with Crippen molar-refractivity contribution in [3.05, 3.63) is 47.7 Å². The van der Waals surface area contributed by atoms with Gasteiger partial charge in [0.05, 0.1) is 20.0 Å². The first-order valence-corrected chi connectivity index (χ1v) is 7.95. The summed E-state index contributed by atoms with van der Waals surface area (Å²) < 4.78 is 10.7. The summed E-state index contributed by atoms with van der Waals surface area (Å²) in [5, 5.41) is 0. The minimum Gasteiger partial charge on any atom is -0.501 e. The predicted octanol–water partition coefficient (Wildman–Crippen LogP) is 4.41. The summed E-state index contributed by atoms with van der Waals surface area (Å²) in [6.45, 7) is 6.45. The first-order chi connectivity index (χ1) is 10.6. The van der Waals surface area contributed by atoms with Crippen LogP contribution in [0.4, 0.5) is 5.69 Å². The molecule has 0 N–H and O–H groups in total. The Morgan fingerprint density at radius 3 is 2.41 bits per heavy atom. The molecular weight excluding hydrogens is 274 g/mol. The van der Waals surface area contributed by atoms with Gasteiger partial charge in [0.1, 0.15) is 5.75 Å². The monoisotopic (exact) mass is 301 g/mol. The van der Waals surface area contributed by atoms with Crippen molar-refractivity contribution in [2.75, 3.05) is 32.2 Å². The van der Waals surface area contributed by atoms with E-state index in [-0.39, 0.29) is 0 Å². The maximum Gasteiger partial charge on any atom is 0.119 e. The van der Waals surface area contributed by atoms with E-state index in [2.05, 4.69) is 43.0 Å². The lowest BCUT2D eigenvalue weighted by atomic mass is 10.0. The molecule has 0 aromatic heterocycles. The van der Waals surface area contributed by atoms with E-state index in [1.165, 1.54) is 11.3 Å². The molecule has 1 aliphatic rings. The number of ether oxygens (including phenoxy) is 2. The fourth-order valence-electron chi connectivity index (χ4n) is 2.72. The minimum absolute atomic E-state index is 0.608. The van der Waals surface area contributed by atoms with Crippen LogP contribution in [0, 0.1) is 5.92 Å². The zero-order chi connectivity index (χ0) is 15.9. The summed E-state index contributed by atoms with van der Waals surface area (Å²) >= 11 is 0. The number of hydrogen-bond donors (Lipinski definition) is 0. The van der Waals surface area contributed by atoms with Crippen LogP contribution in [0.3, 0.4) is 0 Å². The van der Waals surface area contributed by atoms with Gasteiger partial charge in [-0.15, -0.1) is 0 Å². The zero-order valence-electron chi connectivity index (χ0n) is 14.1. The molecule has 3 nitrogen and oxygen atoms in total. The molecule has 0 aliphatic heterocycles. The highest BCUT2D eigenvalue weighted by Crippen LogP contribution is 2.24. The molecule has 0 unspecified atom stereocenters. The number of rotatable bonds is 7. The Labute approximate surface area is 134 Å². The molecule has 0 spiro atoms. The van der Waals surface area contributed by atoms with Crippen molar-refractivity contribution >= 4 is 5.69 Å². The van der Waals surface area contributed by atoms with Crippen LogP contribution in [-0.2, 0) is 4.74 Å². The van der Waals surface area contributed by atoms with Gasteiger partial charge in [-0.25, -0.2) is 0 Å². The Morgan fingerprint density at radius 1 is 1.09 bits per heavy atom. The van der Waals surface area contributed by atoms with Gasteiger partial charge in [-0.1, -0.05) is 19.9 Å². The van der Waals surface area contributed by atoms with Crippen LogP contribution in [-0.4, -0.2) is 27.3 Å². The van der Waals surface area contributed by atoms with E-state index in [0.717, 1.165) is 37.4 Å². The summed E-state index contributed by atoms with van der Waals surface area (Å²) in [5.41, 5.74) is 2.56. The number of nitrogens with zero attached hydrogens (tertiary/aromatic N) is 1. The van der Waals surface area contributed by atoms with Crippen LogP contribution in [0.5, 0.6) is 5.75 Å². The molecule has 120 valence electrons.